The van der Waals surface area contributed by atoms with Crippen LogP contribution in [0.25, 0.3) is 0 Å². The van der Waals surface area contributed by atoms with E-state index in [9.17, 15) is 9.59 Å². The van der Waals surface area contributed by atoms with Crippen molar-refractivity contribution >= 4 is 17.7 Å². The number of carbonyl (C=O) groups excluding carboxylic acids is 2. The van der Waals surface area contributed by atoms with Crippen LogP contribution in [0, 0.1) is 0 Å². The van der Waals surface area contributed by atoms with E-state index in [1.165, 1.54) is 7.11 Å². The van der Waals surface area contributed by atoms with Gasteiger partial charge < -0.3 is 14.8 Å². The Morgan fingerprint density at radius 2 is 2.14 bits per heavy atom. The number of rotatable bonds is 3. The standard InChI is InChI=1S/C16H14N2O4/c1-21-12-7-4-8-17-14(12)18-15(19)13-9-10-5-2-3-6-11(10)16(20)22-13/h2-8,13H,9H2,1H3,(H,17,18,19)/t13-/m0/s1. The maximum atomic E-state index is 12.3. The molecule has 1 aliphatic heterocycles. The van der Waals surface area contributed by atoms with E-state index < -0.39 is 18.0 Å². The zero-order valence-electron chi connectivity index (χ0n) is 11.9. The van der Waals surface area contributed by atoms with Crippen LogP contribution in [0.2, 0.25) is 0 Å². The fourth-order valence-electron chi connectivity index (χ4n) is 2.32. The molecule has 0 fully saturated rings. The number of ether oxygens (including phenoxy) is 2. The first-order valence-electron chi connectivity index (χ1n) is 6.78. The maximum Gasteiger partial charge on any atom is 0.339 e. The number of methoxy groups -OCH3 is 1. The Morgan fingerprint density at radius 1 is 1.32 bits per heavy atom. The molecule has 6 nitrogen and oxygen atoms in total. The Balaban J connectivity index is 1.78. The third-order valence-corrected chi connectivity index (χ3v) is 3.42. The number of pyridine rings is 1. The highest BCUT2D eigenvalue weighted by molar-refractivity contribution is 6.00. The van der Waals surface area contributed by atoms with Crippen LogP contribution in [0.4, 0.5) is 5.82 Å². The van der Waals surface area contributed by atoms with Crippen molar-refractivity contribution < 1.29 is 19.1 Å². The van der Waals surface area contributed by atoms with Crippen molar-refractivity contribution in [2.45, 2.75) is 12.5 Å². The quantitative estimate of drug-likeness (QED) is 0.874. The third-order valence-electron chi connectivity index (χ3n) is 3.42. The number of nitrogens with zero attached hydrogens (tertiary/aromatic N) is 1. The molecule has 0 radical (unpaired) electrons. The number of esters is 1. The molecule has 0 bridgehead atoms. The van der Waals surface area contributed by atoms with Gasteiger partial charge in [0, 0.05) is 12.6 Å². The van der Waals surface area contributed by atoms with E-state index in [0.29, 0.717) is 23.6 Å². The van der Waals surface area contributed by atoms with Crippen LogP contribution in [0.15, 0.2) is 42.6 Å². The lowest BCUT2D eigenvalue weighted by Crippen LogP contribution is -2.38. The highest BCUT2D eigenvalue weighted by Crippen LogP contribution is 2.24. The van der Waals surface area contributed by atoms with Gasteiger partial charge in [0.15, 0.2) is 17.7 Å². The van der Waals surface area contributed by atoms with Crippen LogP contribution in [-0.4, -0.2) is 30.1 Å². The summed E-state index contributed by atoms with van der Waals surface area (Å²) in [5, 5.41) is 2.63. The molecule has 2 aromatic rings. The fraction of sp³-hybridized carbons (Fsp3) is 0.188. The molecule has 3 rings (SSSR count). The Bertz CT molecular complexity index is 730. The Morgan fingerprint density at radius 3 is 2.95 bits per heavy atom. The molecule has 22 heavy (non-hydrogen) atoms. The number of carbonyl (C=O) groups is 2. The number of nitrogens with one attached hydrogen (secondary N) is 1. The molecule has 1 aromatic carbocycles. The van der Waals surface area contributed by atoms with Gasteiger partial charge in [-0.25, -0.2) is 9.78 Å². The lowest BCUT2D eigenvalue weighted by molar-refractivity contribution is -0.125. The van der Waals surface area contributed by atoms with Gasteiger partial charge in [0.1, 0.15) is 0 Å². The van der Waals surface area contributed by atoms with Gasteiger partial charge in [-0.3, -0.25) is 4.79 Å². The summed E-state index contributed by atoms with van der Waals surface area (Å²) in [6, 6.07) is 10.5. The average Bonchev–Trinajstić information content (AvgIpc) is 2.55. The van der Waals surface area contributed by atoms with Crippen molar-refractivity contribution in [3.8, 4) is 5.75 Å². The van der Waals surface area contributed by atoms with Crippen molar-refractivity contribution in [1.82, 2.24) is 4.98 Å². The number of hydrogen-bond donors (Lipinski definition) is 1. The molecule has 0 saturated carbocycles. The summed E-state index contributed by atoms with van der Waals surface area (Å²) in [5.74, 6) is -0.182. The van der Waals surface area contributed by atoms with Crippen LogP contribution in [-0.2, 0) is 16.0 Å². The van der Waals surface area contributed by atoms with Gasteiger partial charge in [-0.05, 0) is 23.8 Å². The molecule has 0 unspecified atom stereocenters. The Hall–Kier alpha value is -2.89. The van der Waals surface area contributed by atoms with E-state index in [0.717, 1.165) is 5.56 Å². The second-order valence-corrected chi connectivity index (χ2v) is 4.80. The number of aromatic nitrogens is 1. The van der Waals surface area contributed by atoms with Crippen molar-refractivity contribution in [3.05, 3.63) is 53.7 Å². The number of hydrogen-bond acceptors (Lipinski definition) is 5. The second-order valence-electron chi connectivity index (χ2n) is 4.80. The van der Waals surface area contributed by atoms with Gasteiger partial charge in [-0.15, -0.1) is 0 Å². The molecule has 112 valence electrons. The average molecular weight is 298 g/mol. The predicted molar refractivity (Wildman–Crippen MR) is 78.8 cm³/mol. The first kappa shape index (κ1) is 14.1. The molecule has 2 heterocycles. The largest absolute Gasteiger partial charge is 0.493 e. The zero-order valence-corrected chi connectivity index (χ0v) is 11.9. The molecule has 0 spiro atoms. The van der Waals surface area contributed by atoms with Crippen LogP contribution in [0.1, 0.15) is 15.9 Å². The van der Waals surface area contributed by atoms with Gasteiger partial charge in [0.25, 0.3) is 5.91 Å². The van der Waals surface area contributed by atoms with Crippen LogP contribution in [0.5, 0.6) is 5.75 Å². The molecule has 1 amide bonds. The number of fused-ring (bicyclic) bond motifs is 1. The summed E-state index contributed by atoms with van der Waals surface area (Å²) in [6.45, 7) is 0. The first-order chi connectivity index (χ1) is 10.7. The van der Waals surface area contributed by atoms with Gasteiger partial charge in [-0.1, -0.05) is 18.2 Å². The van der Waals surface area contributed by atoms with Crippen molar-refractivity contribution in [2.24, 2.45) is 0 Å². The molecule has 0 saturated heterocycles. The SMILES string of the molecule is COc1cccnc1NC(=O)[C@@H]1Cc2ccccc2C(=O)O1. The van der Waals surface area contributed by atoms with Crippen molar-refractivity contribution in [1.29, 1.82) is 0 Å². The van der Waals surface area contributed by atoms with E-state index in [1.54, 1.807) is 30.5 Å². The normalized spacial score (nSPS) is 16.4. The summed E-state index contributed by atoms with van der Waals surface area (Å²) < 4.78 is 10.3. The topological polar surface area (TPSA) is 77.5 Å². The molecule has 1 N–H and O–H groups in total. The van der Waals surface area contributed by atoms with E-state index in [-0.39, 0.29) is 0 Å². The van der Waals surface area contributed by atoms with Crippen LogP contribution < -0.4 is 10.1 Å². The van der Waals surface area contributed by atoms with E-state index in [2.05, 4.69) is 10.3 Å². The zero-order chi connectivity index (χ0) is 15.5. The van der Waals surface area contributed by atoms with E-state index in [4.69, 9.17) is 9.47 Å². The van der Waals surface area contributed by atoms with Gasteiger partial charge in [0.2, 0.25) is 0 Å². The molecule has 1 aromatic heterocycles. The number of benzene rings is 1. The lowest BCUT2D eigenvalue weighted by Gasteiger charge is -2.23. The summed E-state index contributed by atoms with van der Waals surface area (Å²) in [7, 11) is 1.49. The fourth-order valence-corrected chi connectivity index (χ4v) is 2.32. The van der Waals surface area contributed by atoms with Gasteiger partial charge in [-0.2, -0.15) is 0 Å². The molecular weight excluding hydrogens is 284 g/mol. The summed E-state index contributed by atoms with van der Waals surface area (Å²) >= 11 is 0. The Kier molecular flexibility index (Phi) is 3.74. The van der Waals surface area contributed by atoms with Crippen molar-refractivity contribution in [2.75, 3.05) is 12.4 Å². The maximum absolute atomic E-state index is 12.3. The highest BCUT2D eigenvalue weighted by Gasteiger charge is 2.31. The second kappa shape index (κ2) is 5.85. The number of anilines is 1. The van der Waals surface area contributed by atoms with Crippen LogP contribution in [0.3, 0.4) is 0 Å². The van der Waals surface area contributed by atoms with Crippen LogP contribution >= 0.6 is 0 Å². The van der Waals surface area contributed by atoms with E-state index >= 15 is 0 Å². The van der Waals surface area contributed by atoms with E-state index in [1.807, 2.05) is 12.1 Å². The number of cyclic esters (lactones) is 1. The molecule has 6 heteroatoms. The Labute approximate surface area is 127 Å². The van der Waals surface area contributed by atoms with Gasteiger partial charge >= 0.3 is 5.97 Å². The minimum Gasteiger partial charge on any atom is -0.493 e. The monoisotopic (exact) mass is 298 g/mol. The first-order valence-corrected chi connectivity index (χ1v) is 6.78. The minimum absolute atomic E-state index is 0.296. The molecule has 1 aliphatic rings. The lowest BCUT2D eigenvalue weighted by atomic mass is 9.98. The molecular formula is C16H14N2O4. The summed E-state index contributed by atoms with van der Waals surface area (Å²) in [5.41, 5.74) is 1.30. The third kappa shape index (κ3) is 2.63. The predicted octanol–water partition coefficient (Wildman–Crippen LogP) is 1.81. The molecule has 1 atom stereocenters. The smallest absolute Gasteiger partial charge is 0.339 e. The summed E-state index contributed by atoms with van der Waals surface area (Å²) in [6.07, 6.45) is 0.998. The number of amides is 1. The minimum atomic E-state index is -0.880. The summed E-state index contributed by atoms with van der Waals surface area (Å²) in [4.78, 5) is 28.3. The highest BCUT2D eigenvalue weighted by atomic mass is 16.5. The molecule has 0 aliphatic carbocycles. The van der Waals surface area contributed by atoms with Crippen molar-refractivity contribution in [3.63, 3.8) is 0 Å². The van der Waals surface area contributed by atoms with Gasteiger partial charge in [0.05, 0.1) is 12.7 Å².